The van der Waals surface area contributed by atoms with Crippen LogP contribution < -0.4 is 5.32 Å². The van der Waals surface area contributed by atoms with Crippen LogP contribution in [0, 0.1) is 0 Å². The molecule has 1 N–H and O–H groups in total. The number of nitrogens with zero attached hydrogens (tertiary/aromatic N) is 5. The van der Waals surface area contributed by atoms with E-state index in [-0.39, 0.29) is 0 Å². The number of nitrogens with one attached hydrogen (secondary N) is 1. The first-order valence-electron chi connectivity index (χ1n) is 6.92. The molecule has 0 unspecified atom stereocenters. The van der Waals surface area contributed by atoms with Crippen molar-refractivity contribution >= 4 is 11.8 Å². The predicted octanol–water partition coefficient (Wildman–Crippen LogP) is 1.67. The SMILES string of the molecule is CNCc1cnc(Sc2nnc3n2CCCCC3)nc1. The van der Waals surface area contributed by atoms with Crippen molar-refractivity contribution in [1.82, 2.24) is 30.0 Å². The highest BCUT2D eigenvalue weighted by atomic mass is 32.2. The van der Waals surface area contributed by atoms with Gasteiger partial charge in [0.2, 0.25) is 0 Å². The lowest BCUT2D eigenvalue weighted by Crippen LogP contribution is -2.06. The largest absolute Gasteiger partial charge is 0.316 e. The highest BCUT2D eigenvalue weighted by molar-refractivity contribution is 7.99. The quantitative estimate of drug-likeness (QED) is 0.864. The van der Waals surface area contributed by atoms with Crippen molar-refractivity contribution in [2.75, 3.05) is 7.05 Å². The number of fused-ring (bicyclic) bond motifs is 1. The van der Waals surface area contributed by atoms with Crippen LogP contribution in [-0.4, -0.2) is 31.8 Å². The molecule has 0 bridgehead atoms. The minimum absolute atomic E-state index is 0.726. The Morgan fingerprint density at radius 3 is 2.85 bits per heavy atom. The van der Waals surface area contributed by atoms with Gasteiger partial charge in [-0.1, -0.05) is 6.42 Å². The number of aromatic nitrogens is 5. The molecule has 1 aliphatic heterocycles. The third kappa shape index (κ3) is 2.99. The maximum absolute atomic E-state index is 4.38. The van der Waals surface area contributed by atoms with Crippen molar-refractivity contribution in [3.8, 4) is 0 Å². The standard InChI is InChI=1S/C13H18N6S/c1-14-7-10-8-15-12(16-9-10)20-13-18-17-11-5-3-2-4-6-19(11)13/h8-9,14H,2-7H2,1H3. The summed E-state index contributed by atoms with van der Waals surface area (Å²) in [6.07, 6.45) is 8.40. The van der Waals surface area contributed by atoms with Crippen molar-refractivity contribution in [3.63, 3.8) is 0 Å². The smallest absolute Gasteiger partial charge is 0.199 e. The lowest BCUT2D eigenvalue weighted by molar-refractivity contribution is 0.590. The van der Waals surface area contributed by atoms with Gasteiger partial charge in [-0.05, 0) is 31.7 Å². The molecule has 0 aromatic carbocycles. The minimum Gasteiger partial charge on any atom is -0.316 e. The summed E-state index contributed by atoms with van der Waals surface area (Å²) in [7, 11) is 1.91. The molecule has 1 aliphatic rings. The maximum atomic E-state index is 4.38. The van der Waals surface area contributed by atoms with Crippen LogP contribution in [0.15, 0.2) is 22.7 Å². The van der Waals surface area contributed by atoms with E-state index in [9.17, 15) is 0 Å². The highest BCUT2D eigenvalue weighted by Crippen LogP contribution is 2.25. The van der Waals surface area contributed by atoms with Crippen LogP contribution in [0.5, 0.6) is 0 Å². The molecule has 7 heteroatoms. The second kappa shape index (κ2) is 6.32. The molecule has 0 amide bonds. The first-order valence-corrected chi connectivity index (χ1v) is 7.74. The molecule has 106 valence electrons. The zero-order valence-electron chi connectivity index (χ0n) is 11.5. The fraction of sp³-hybridized carbons (Fsp3) is 0.538. The van der Waals surface area contributed by atoms with Crippen LogP contribution in [0.25, 0.3) is 0 Å². The summed E-state index contributed by atoms with van der Waals surface area (Å²) >= 11 is 1.49. The van der Waals surface area contributed by atoms with E-state index in [2.05, 4.69) is 30.0 Å². The molecule has 0 radical (unpaired) electrons. The van der Waals surface area contributed by atoms with Crippen LogP contribution in [0.2, 0.25) is 0 Å². The first kappa shape index (κ1) is 13.5. The summed E-state index contributed by atoms with van der Waals surface area (Å²) in [5, 5.41) is 13.3. The number of hydrogen-bond donors (Lipinski definition) is 1. The minimum atomic E-state index is 0.726. The van der Waals surface area contributed by atoms with Gasteiger partial charge in [0, 0.05) is 37.5 Å². The number of rotatable bonds is 4. The molecule has 3 heterocycles. The second-order valence-corrected chi connectivity index (χ2v) is 5.80. The van der Waals surface area contributed by atoms with Crippen molar-refractivity contribution in [2.24, 2.45) is 0 Å². The summed E-state index contributed by atoms with van der Waals surface area (Å²) in [6.45, 7) is 1.79. The maximum Gasteiger partial charge on any atom is 0.199 e. The van der Waals surface area contributed by atoms with E-state index in [0.717, 1.165) is 41.2 Å². The van der Waals surface area contributed by atoms with Crippen molar-refractivity contribution in [3.05, 3.63) is 23.8 Å². The van der Waals surface area contributed by atoms with Gasteiger partial charge in [-0.25, -0.2) is 9.97 Å². The van der Waals surface area contributed by atoms with Gasteiger partial charge in [0.15, 0.2) is 10.3 Å². The van der Waals surface area contributed by atoms with Crippen molar-refractivity contribution < 1.29 is 0 Å². The van der Waals surface area contributed by atoms with Crippen LogP contribution in [0.3, 0.4) is 0 Å². The molecule has 2 aromatic heterocycles. The van der Waals surface area contributed by atoms with Crippen molar-refractivity contribution in [1.29, 1.82) is 0 Å². The average Bonchev–Trinajstić information content (AvgIpc) is 2.70. The Kier molecular flexibility index (Phi) is 4.27. The van der Waals surface area contributed by atoms with Gasteiger partial charge < -0.3 is 9.88 Å². The van der Waals surface area contributed by atoms with Gasteiger partial charge in [-0.15, -0.1) is 10.2 Å². The second-order valence-electron chi connectivity index (χ2n) is 4.87. The Hall–Kier alpha value is -1.47. The van der Waals surface area contributed by atoms with Gasteiger partial charge >= 0.3 is 0 Å². The Morgan fingerprint density at radius 1 is 1.20 bits per heavy atom. The highest BCUT2D eigenvalue weighted by Gasteiger charge is 2.16. The predicted molar refractivity (Wildman–Crippen MR) is 76.5 cm³/mol. The lowest BCUT2D eigenvalue weighted by Gasteiger charge is -2.05. The van der Waals surface area contributed by atoms with Gasteiger partial charge in [0.25, 0.3) is 0 Å². The van der Waals surface area contributed by atoms with E-state index in [1.54, 1.807) is 0 Å². The van der Waals surface area contributed by atoms with Gasteiger partial charge in [0.05, 0.1) is 0 Å². The Balaban J connectivity index is 1.76. The monoisotopic (exact) mass is 290 g/mol. The molecule has 3 rings (SSSR count). The van der Waals surface area contributed by atoms with E-state index in [1.807, 2.05) is 19.4 Å². The first-order chi connectivity index (χ1) is 9.86. The fourth-order valence-corrected chi connectivity index (χ4v) is 3.07. The van der Waals surface area contributed by atoms with E-state index in [4.69, 9.17) is 0 Å². The van der Waals surface area contributed by atoms with Crippen LogP contribution in [0.1, 0.15) is 30.7 Å². The molecule has 0 atom stereocenters. The molecule has 0 spiro atoms. The third-order valence-corrected chi connectivity index (χ3v) is 4.20. The van der Waals surface area contributed by atoms with Crippen molar-refractivity contribution in [2.45, 2.75) is 49.1 Å². The molecule has 6 nitrogen and oxygen atoms in total. The van der Waals surface area contributed by atoms with E-state index >= 15 is 0 Å². The molecular weight excluding hydrogens is 272 g/mol. The number of hydrogen-bond acceptors (Lipinski definition) is 6. The summed E-state index contributed by atoms with van der Waals surface area (Å²) < 4.78 is 2.21. The summed E-state index contributed by atoms with van der Waals surface area (Å²) in [5.41, 5.74) is 1.08. The summed E-state index contributed by atoms with van der Waals surface area (Å²) in [4.78, 5) is 8.75. The Labute approximate surface area is 122 Å². The van der Waals surface area contributed by atoms with E-state index in [1.165, 1.54) is 31.0 Å². The molecule has 0 saturated heterocycles. The zero-order valence-corrected chi connectivity index (χ0v) is 12.4. The molecule has 0 fully saturated rings. The normalized spacial score (nSPS) is 14.8. The fourth-order valence-electron chi connectivity index (χ4n) is 2.31. The average molecular weight is 290 g/mol. The van der Waals surface area contributed by atoms with Crippen LogP contribution in [0.4, 0.5) is 0 Å². The lowest BCUT2D eigenvalue weighted by atomic mass is 10.2. The molecule has 2 aromatic rings. The topological polar surface area (TPSA) is 68.5 Å². The zero-order chi connectivity index (χ0) is 13.8. The molecule has 0 saturated carbocycles. The summed E-state index contributed by atoms with van der Waals surface area (Å²) in [6, 6.07) is 0. The molecule has 20 heavy (non-hydrogen) atoms. The third-order valence-electron chi connectivity index (χ3n) is 3.32. The van der Waals surface area contributed by atoms with Gasteiger partial charge in [-0.3, -0.25) is 0 Å². The van der Waals surface area contributed by atoms with Gasteiger partial charge in [-0.2, -0.15) is 0 Å². The Bertz CT molecular complexity index is 565. The molecular formula is C13H18N6S. The van der Waals surface area contributed by atoms with Crippen LogP contribution in [-0.2, 0) is 19.5 Å². The van der Waals surface area contributed by atoms with Gasteiger partial charge in [0.1, 0.15) is 5.82 Å². The number of aryl methyl sites for hydroxylation is 1. The van der Waals surface area contributed by atoms with E-state index in [0.29, 0.717) is 0 Å². The van der Waals surface area contributed by atoms with E-state index < -0.39 is 0 Å². The Morgan fingerprint density at radius 2 is 2.05 bits per heavy atom. The summed E-state index contributed by atoms with van der Waals surface area (Å²) in [5.74, 6) is 1.09. The van der Waals surface area contributed by atoms with Crippen LogP contribution >= 0.6 is 11.8 Å². The molecule has 0 aliphatic carbocycles.